The van der Waals surface area contributed by atoms with Gasteiger partial charge < -0.3 is 5.32 Å². The smallest absolute Gasteiger partial charge is 0.227 e. The fraction of sp³-hybridized carbons (Fsp3) is 0.467. The molecule has 1 aliphatic rings. The highest BCUT2D eigenvalue weighted by atomic mass is 19.1. The predicted molar refractivity (Wildman–Crippen MR) is 79.1 cm³/mol. The van der Waals surface area contributed by atoms with E-state index in [0.717, 1.165) is 25.7 Å². The third-order valence-corrected chi connectivity index (χ3v) is 4.05. The van der Waals surface area contributed by atoms with Gasteiger partial charge in [0.25, 0.3) is 0 Å². The number of aromatic nitrogens is 4. The van der Waals surface area contributed by atoms with Gasteiger partial charge in [-0.2, -0.15) is 4.68 Å². The van der Waals surface area contributed by atoms with Gasteiger partial charge in [-0.3, -0.25) is 4.79 Å². The van der Waals surface area contributed by atoms with E-state index in [2.05, 4.69) is 20.8 Å². The molecule has 0 radical (unpaired) electrons. The first-order chi connectivity index (χ1) is 10.6. The van der Waals surface area contributed by atoms with Crippen molar-refractivity contribution in [2.75, 3.05) is 5.32 Å². The van der Waals surface area contributed by atoms with E-state index in [9.17, 15) is 9.18 Å². The maximum atomic E-state index is 14.0. The van der Waals surface area contributed by atoms with Crippen molar-refractivity contribution in [3.8, 4) is 5.69 Å². The molecule has 1 aromatic heterocycles. The van der Waals surface area contributed by atoms with Crippen molar-refractivity contribution in [3.63, 3.8) is 0 Å². The van der Waals surface area contributed by atoms with E-state index in [4.69, 9.17) is 0 Å². The van der Waals surface area contributed by atoms with E-state index in [1.165, 1.54) is 17.2 Å². The van der Waals surface area contributed by atoms with Crippen LogP contribution in [-0.2, 0) is 4.79 Å². The van der Waals surface area contributed by atoms with Crippen LogP contribution >= 0.6 is 0 Å². The van der Waals surface area contributed by atoms with Crippen molar-refractivity contribution in [2.24, 2.45) is 5.92 Å². The molecule has 1 amide bonds. The van der Waals surface area contributed by atoms with Gasteiger partial charge in [-0.25, -0.2) is 4.39 Å². The summed E-state index contributed by atoms with van der Waals surface area (Å²) < 4.78 is 15.5. The quantitative estimate of drug-likeness (QED) is 0.946. The number of rotatable bonds is 3. The Morgan fingerprint density at radius 1 is 1.32 bits per heavy atom. The lowest BCUT2D eigenvalue weighted by Gasteiger charge is -2.21. The number of hydrogen-bond acceptors (Lipinski definition) is 4. The van der Waals surface area contributed by atoms with E-state index in [1.54, 1.807) is 19.1 Å². The normalized spacial score (nSPS) is 15.7. The average Bonchev–Trinajstić information content (AvgIpc) is 2.96. The second kappa shape index (κ2) is 6.21. The lowest BCUT2D eigenvalue weighted by molar-refractivity contribution is -0.120. The van der Waals surface area contributed by atoms with Gasteiger partial charge in [0.05, 0.1) is 11.4 Å². The molecule has 1 heterocycles. The van der Waals surface area contributed by atoms with Crippen LogP contribution in [0.15, 0.2) is 18.2 Å². The molecule has 1 saturated carbocycles. The lowest BCUT2D eigenvalue weighted by atomic mass is 9.88. The fourth-order valence-corrected chi connectivity index (χ4v) is 2.81. The van der Waals surface area contributed by atoms with Crippen LogP contribution in [0.3, 0.4) is 0 Å². The number of tetrazole rings is 1. The Bertz CT molecular complexity index is 678. The topological polar surface area (TPSA) is 72.7 Å². The van der Waals surface area contributed by atoms with E-state index in [-0.39, 0.29) is 17.5 Å². The van der Waals surface area contributed by atoms with E-state index < -0.39 is 5.82 Å². The van der Waals surface area contributed by atoms with Gasteiger partial charge in [0.2, 0.25) is 5.91 Å². The molecule has 22 heavy (non-hydrogen) atoms. The Balaban J connectivity index is 1.81. The summed E-state index contributed by atoms with van der Waals surface area (Å²) in [5.74, 6) is 0.00516. The molecule has 0 unspecified atom stereocenters. The van der Waals surface area contributed by atoms with Crippen LogP contribution in [0.25, 0.3) is 5.69 Å². The highest BCUT2D eigenvalue weighted by molar-refractivity contribution is 5.93. The molecule has 0 aliphatic heterocycles. The largest absolute Gasteiger partial charge is 0.323 e. The van der Waals surface area contributed by atoms with Gasteiger partial charge in [-0.05, 0) is 48.4 Å². The summed E-state index contributed by atoms with van der Waals surface area (Å²) in [6.45, 7) is 1.75. The Morgan fingerprint density at radius 3 is 2.77 bits per heavy atom. The summed E-state index contributed by atoms with van der Waals surface area (Å²) >= 11 is 0. The van der Waals surface area contributed by atoms with Crippen molar-refractivity contribution in [3.05, 3.63) is 29.8 Å². The van der Waals surface area contributed by atoms with Crippen LogP contribution in [-0.4, -0.2) is 26.1 Å². The van der Waals surface area contributed by atoms with Crippen LogP contribution in [0, 0.1) is 18.7 Å². The highest BCUT2D eigenvalue weighted by Crippen LogP contribution is 2.26. The van der Waals surface area contributed by atoms with Crippen molar-refractivity contribution in [2.45, 2.75) is 39.0 Å². The number of aryl methyl sites for hydroxylation is 1. The van der Waals surface area contributed by atoms with Gasteiger partial charge in [-0.15, -0.1) is 5.10 Å². The van der Waals surface area contributed by atoms with E-state index in [1.807, 2.05) is 0 Å². The maximum absolute atomic E-state index is 14.0. The summed E-state index contributed by atoms with van der Waals surface area (Å²) in [4.78, 5) is 12.3. The first kappa shape index (κ1) is 14.6. The molecule has 1 aromatic carbocycles. The van der Waals surface area contributed by atoms with Gasteiger partial charge >= 0.3 is 0 Å². The van der Waals surface area contributed by atoms with Crippen molar-refractivity contribution < 1.29 is 9.18 Å². The Labute approximate surface area is 127 Å². The van der Waals surface area contributed by atoms with Crippen molar-refractivity contribution in [1.29, 1.82) is 0 Å². The van der Waals surface area contributed by atoms with Gasteiger partial charge in [0.15, 0.2) is 5.82 Å². The molecule has 1 N–H and O–H groups in total. The first-order valence-corrected chi connectivity index (χ1v) is 7.51. The van der Waals surface area contributed by atoms with E-state index >= 15 is 0 Å². The number of anilines is 1. The summed E-state index contributed by atoms with van der Waals surface area (Å²) in [6.07, 6.45) is 5.04. The number of nitrogens with one attached hydrogen (secondary N) is 1. The number of halogens is 1. The summed E-state index contributed by atoms with van der Waals surface area (Å²) in [6, 6.07) is 4.45. The first-order valence-electron chi connectivity index (χ1n) is 7.51. The minimum atomic E-state index is -0.460. The van der Waals surface area contributed by atoms with Gasteiger partial charge in [0, 0.05) is 5.92 Å². The lowest BCUT2D eigenvalue weighted by Crippen LogP contribution is -2.25. The molecule has 3 rings (SSSR count). The van der Waals surface area contributed by atoms with Crippen molar-refractivity contribution >= 4 is 11.6 Å². The highest BCUT2D eigenvalue weighted by Gasteiger charge is 2.22. The monoisotopic (exact) mass is 303 g/mol. The zero-order valence-corrected chi connectivity index (χ0v) is 12.4. The average molecular weight is 303 g/mol. The predicted octanol–water partition coefficient (Wildman–Crippen LogP) is 2.63. The Hall–Kier alpha value is -2.31. The van der Waals surface area contributed by atoms with Crippen LogP contribution in [0.5, 0.6) is 0 Å². The maximum Gasteiger partial charge on any atom is 0.227 e. The molecule has 1 aliphatic carbocycles. The fourth-order valence-electron chi connectivity index (χ4n) is 2.81. The van der Waals surface area contributed by atoms with Gasteiger partial charge in [-0.1, -0.05) is 19.3 Å². The number of carbonyl (C=O) groups is 1. The second-order valence-electron chi connectivity index (χ2n) is 5.63. The summed E-state index contributed by atoms with van der Waals surface area (Å²) in [5, 5.41) is 13.9. The van der Waals surface area contributed by atoms with Crippen molar-refractivity contribution in [1.82, 2.24) is 20.2 Å². The van der Waals surface area contributed by atoms with Crippen LogP contribution < -0.4 is 5.32 Å². The third-order valence-electron chi connectivity index (χ3n) is 4.05. The van der Waals surface area contributed by atoms with Gasteiger partial charge in [0.1, 0.15) is 5.82 Å². The number of hydrogen-bond donors (Lipinski definition) is 1. The molecule has 6 nitrogen and oxygen atoms in total. The molecule has 7 heteroatoms. The number of amides is 1. The van der Waals surface area contributed by atoms with Crippen LogP contribution in [0.2, 0.25) is 0 Å². The molecular formula is C15H18FN5O. The molecule has 116 valence electrons. The molecule has 0 spiro atoms. The van der Waals surface area contributed by atoms with Crippen LogP contribution in [0.4, 0.5) is 10.1 Å². The third kappa shape index (κ3) is 2.98. The molecule has 1 fully saturated rings. The number of benzene rings is 1. The minimum Gasteiger partial charge on any atom is -0.323 e. The molecule has 0 bridgehead atoms. The van der Waals surface area contributed by atoms with Crippen LogP contribution in [0.1, 0.15) is 37.9 Å². The Morgan fingerprint density at radius 2 is 2.09 bits per heavy atom. The minimum absolute atomic E-state index is 0.0217. The number of carbonyl (C=O) groups excluding carboxylic acids is 1. The number of nitrogens with zero attached hydrogens (tertiary/aromatic N) is 4. The molecule has 0 atom stereocenters. The zero-order valence-electron chi connectivity index (χ0n) is 12.4. The Kier molecular flexibility index (Phi) is 4.13. The standard InChI is InChI=1S/C15H18FN5O/c1-10-18-19-20-21(10)12-7-8-13(16)14(9-12)17-15(22)11-5-3-2-4-6-11/h7-9,11H,2-6H2,1H3,(H,17,22). The summed E-state index contributed by atoms with van der Waals surface area (Å²) in [5.41, 5.74) is 0.783. The molecular weight excluding hydrogens is 285 g/mol. The van der Waals surface area contributed by atoms with E-state index in [0.29, 0.717) is 11.5 Å². The SMILES string of the molecule is Cc1nnnn1-c1ccc(F)c(NC(=O)C2CCCCC2)c1. The zero-order chi connectivity index (χ0) is 15.5. The molecule has 0 saturated heterocycles. The summed E-state index contributed by atoms with van der Waals surface area (Å²) in [7, 11) is 0. The second-order valence-corrected chi connectivity index (χ2v) is 5.63. The molecule has 2 aromatic rings.